The second-order valence-corrected chi connectivity index (χ2v) is 10.5. The molecule has 0 saturated carbocycles. The maximum atomic E-state index is 13.6. The van der Waals surface area contributed by atoms with Crippen LogP contribution in [0.25, 0.3) is 0 Å². The van der Waals surface area contributed by atoms with Gasteiger partial charge in [0.05, 0.1) is 0 Å². The number of aryl methyl sites for hydroxylation is 1. The number of halogens is 2. The number of piperidine rings is 1. The summed E-state index contributed by atoms with van der Waals surface area (Å²) in [4.78, 5) is 34.4. The number of benzene rings is 2. The van der Waals surface area contributed by atoms with Crippen molar-refractivity contribution in [1.29, 1.82) is 0 Å². The summed E-state index contributed by atoms with van der Waals surface area (Å²) in [6, 6.07) is 15.6. The first-order chi connectivity index (χ1) is 16.7. The van der Waals surface area contributed by atoms with Crippen LogP contribution in [-0.4, -0.2) is 46.6 Å². The van der Waals surface area contributed by atoms with Gasteiger partial charge in [0.1, 0.15) is 11.0 Å². The van der Waals surface area contributed by atoms with Gasteiger partial charge in [-0.2, -0.15) is 0 Å². The van der Waals surface area contributed by atoms with Crippen molar-refractivity contribution in [3.63, 3.8) is 0 Å². The normalized spacial score (nSPS) is 16.4. The molecular formula is C26H23ClFN3O3S. The van der Waals surface area contributed by atoms with Crippen LogP contribution in [0.1, 0.15) is 34.5 Å². The van der Waals surface area contributed by atoms with Crippen LogP contribution < -0.4 is 4.90 Å². The third kappa shape index (κ3) is 4.60. The van der Waals surface area contributed by atoms with Crippen molar-refractivity contribution in [3.8, 4) is 0 Å². The van der Waals surface area contributed by atoms with Gasteiger partial charge in [0.25, 0.3) is 5.91 Å². The number of amides is 2. The van der Waals surface area contributed by atoms with Crippen LogP contribution in [0.4, 0.5) is 14.9 Å². The fourth-order valence-electron chi connectivity index (χ4n) is 4.99. The molecule has 3 heterocycles. The predicted molar refractivity (Wildman–Crippen MR) is 133 cm³/mol. The van der Waals surface area contributed by atoms with Crippen molar-refractivity contribution < 1.29 is 19.1 Å². The minimum Gasteiger partial charge on any atom is -0.465 e. The largest absolute Gasteiger partial charge is 0.465 e. The van der Waals surface area contributed by atoms with Crippen LogP contribution in [0.2, 0.25) is 5.15 Å². The monoisotopic (exact) mass is 511 g/mol. The maximum absolute atomic E-state index is 13.6. The van der Waals surface area contributed by atoms with Crippen LogP contribution in [-0.2, 0) is 5.41 Å². The Balaban J connectivity index is 1.52. The molecule has 0 atom stereocenters. The van der Waals surface area contributed by atoms with Crippen LogP contribution >= 0.6 is 23.4 Å². The second kappa shape index (κ2) is 9.17. The molecule has 1 N–H and O–H groups in total. The first-order valence-electron chi connectivity index (χ1n) is 11.3. The van der Waals surface area contributed by atoms with Crippen LogP contribution in [0, 0.1) is 12.7 Å². The zero-order chi connectivity index (χ0) is 24.7. The summed E-state index contributed by atoms with van der Waals surface area (Å²) in [6.07, 6.45) is 0.321. The fourth-order valence-corrected chi connectivity index (χ4v) is 6.10. The molecule has 180 valence electrons. The highest BCUT2D eigenvalue weighted by Crippen LogP contribution is 2.49. The summed E-state index contributed by atoms with van der Waals surface area (Å²) in [5, 5.41) is 9.71. The van der Waals surface area contributed by atoms with Gasteiger partial charge in [0, 0.05) is 51.8 Å². The van der Waals surface area contributed by atoms with Crippen molar-refractivity contribution in [2.75, 3.05) is 24.5 Å². The number of fused-ring (bicyclic) bond motifs is 2. The zero-order valence-corrected chi connectivity index (χ0v) is 20.6. The lowest BCUT2D eigenvalue weighted by atomic mass is 9.74. The van der Waals surface area contributed by atoms with Gasteiger partial charge < -0.3 is 14.9 Å². The van der Waals surface area contributed by atoms with Crippen LogP contribution in [0.15, 0.2) is 64.4 Å². The van der Waals surface area contributed by atoms with E-state index in [0.717, 1.165) is 21.0 Å². The number of hydrogen-bond acceptors (Lipinski definition) is 4. The minimum absolute atomic E-state index is 0.157. The number of pyridine rings is 1. The lowest BCUT2D eigenvalue weighted by molar-refractivity contribution is 0.0967. The van der Waals surface area contributed by atoms with Gasteiger partial charge in [-0.1, -0.05) is 23.4 Å². The average molecular weight is 512 g/mol. The fraction of sp³-hybridized carbons (Fsp3) is 0.269. The number of nitrogens with zero attached hydrogens (tertiary/aromatic N) is 3. The van der Waals surface area contributed by atoms with Crippen molar-refractivity contribution in [2.45, 2.75) is 35.0 Å². The molecule has 0 unspecified atom stereocenters. The molecule has 2 aliphatic heterocycles. The molecule has 1 saturated heterocycles. The summed E-state index contributed by atoms with van der Waals surface area (Å²) in [7, 11) is 0. The number of carbonyl (C=O) groups is 2. The van der Waals surface area contributed by atoms with E-state index in [1.807, 2.05) is 12.1 Å². The van der Waals surface area contributed by atoms with Gasteiger partial charge in [0.15, 0.2) is 0 Å². The summed E-state index contributed by atoms with van der Waals surface area (Å²) >= 11 is 7.65. The molecule has 1 fully saturated rings. The molecule has 2 aromatic carbocycles. The molecular weight excluding hydrogens is 489 g/mol. The maximum Gasteiger partial charge on any atom is 0.407 e. The Morgan fingerprint density at radius 2 is 1.74 bits per heavy atom. The topological polar surface area (TPSA) is 73.7 Å². The standard InChI is InChI=1S/C26H23ClFN3O3S/c1-16-12-17(13-23(27)29-16)24(32)31-15-26(8-10-30(11-9-26)25(33)34)21-14-20(6-7-22(21)31)35-19-4-2-18(28)3-5-19/h2-7,12-14H,8-11,15H2,1H3,(H,33,34). The van der Waals surface area contributed by atoms with E-state index < -0.39 is 6.09 Å². The van der Waals surface area contributed by atoms with E-state index in [9.17, 15) is 19.1 Å². The highest BCUT2D eigenvalue weighted by molar-refractivity contribution is 7.99. The van der Waals surface area contributed by atoms with Crippen LogP contribution in [0.3, 0.4) is 0 Å². The number of carbonyl (C=O) groups excluding carboxylic acids is 1. The second-order valence-electron chi connectivity index (χ2n) is 9.00. The molecule has 35 heavy (non-hydrogen) atoms. The van der Waals surface area contributed by atoms with Crippen LogP contribution in [0.5, 0.6) is 0 Å². The highest BCUT2D eigenvalue weighted by atomic mass is 35.5. The van der Waals surface area contributed by atoms with Crippen molar-refractivity contribution in [1.82, 2.24) is 9.88 Å². The molecule has 3 aromatic rings. The molecule has 9 heteroatoms. The van der Waals surface area contributed by atoms with E-state index in [-0.39, 0.29) is 22.3 Å². The number of anilines is 1. The SMILES string of the molecule is Cc1cc(C(=O)N2CC3(CCN(C(=O)O)CC3)c3cc(Sc4ccc(F)cc4)ccc32)cc(Cl)n1. The summed E-state index contributed by atoms with van der Waals surface area (Å²) in [5.74, 6) is -0.442. The number of hydrogen-bond donors (Lipinski definition) is 1. The number of rotatable bonds is 3. The Bertz CT molecular complexity index is 1290. The molecule has 0 radical (unpaired) electrons. The van der Waals surface area contributed by atoms with Crippen molar-refractivity contribution >= 4 is 41.1 Å². The Morgan fingerprint density at radius 1 is 1.06 bits per heavy atom. The number of likely N-dealkylation sites (tertiary alicyclic amines) is 1. The first kappa shape index (κ1) is 23.6. The van der Waals surface area contributed by atoms with Gasteiger partial charge in [-0.15, -0.1) is 0 Å². The number of aromatic nitrogens is 1. The van der Waals surface area contributed by atoms with E-state index in [2.05, 4.69) is 11.1 Å². The average Bonchev–Trinajstić information content (AvgIpc) is 3.13. The molecule has 0 aliphatic carbocycles. The first-order valence-corrected chi connectivity index (χ1v) is 12.5. The molecule has 1 aromatic heterocycles. The van der Waals surface area contributed by atoms with Crippen molar-refractivity contribution in [2.24, 2.45) is 0 Å². The number of carboxylic acid groups (broad SMARTS) is 1. The quantitative estimate of drug-likeness (QED) is 0.436. The lowest BCUT2D eigenvalue weighted by Crippen LogP contribution is -2.47. The van der Waals surface area contributed by atoms with E-state index >= 15 is 0 Å². The lowest BCUT2D eigenvalue weighted by Gasteiger charge is -2.38. The predicted octanol–water partition coefficient (Wildman–Crippen LogP) is 6.01. The van der Waals surface area contributed by atoms with Gasteiger partial charge in [-0.25, -0.2) is 14.2 Å². The van der Waals surface area contributed by atoms with E-state index in [1.54, 1.807) is 36.1 Å². The minimum atomic E-state index is -0.923. The Kier molecular flexibility index (Phi) is 6.19. The summed E-state index contributed by atoms with van der Waals surface area (Å²) < 4.78 is 13.3. The highest BCUT2D eigenvalue weighted by Gasteiger charge is 2.47. The molecule has 2 aliphatic rings. The third-order valence-corrected chi connectivity index (χ3v) is 7.94. The molecule has 1 spiro atoms. The Labute approximate surface area is 211 Å². The van der Waals surface area contributed by atoms with Gasteiger partial charge in [-0.05, 0) is 79.9 Å². The molecule has 5 rings (SSSR count). The van der Waals surface area contributed by atoms with Gasteiger partial charge in [-0.3, -0.25) is 4.79 Å². The van der Waals surface area contributed by atoms with E-state index in [0.29, 0.717) is 43.7 Å². The summed E-state index contributed by atoms with van der Waals surface area (Å²) in [6.45, 7) is 3.08. The van der Waals surface area contributed by atoms with Gasteiger partial charge >= 0.3 is 6.09 Å². The summed E-state index contributed by atoms with van der Waals surface area (Å²) in [5.41, 5.74) is 2.66. The smallest absolute Gasteiger partial charge is 0.407 e. The van der Waals surface area contributed by atoms with E-state index in [4.69, 9.17) is 11.6 Å². The molecule has 2 amide bonds. The Hall–Kier alpha value is -3.10. The third-order valence-electron chi connectivity index (χ3n) is 6.75. The zero-order valence-electron chi connectivity index (χ0n) is 19.0. The Morgan fingerprint density at radius 3 is 2.40 bits per heavy atom. The van der Waals surface area contributed by atoms with Gasteiger partial charge in [0.2, 0.25) is 0 Å². The molecule has 0 bridgehead atoms. The molecule has 6 nitrogen and oxygen atoms in total. The van der Waals surface area contributed by atoms with E-state index in [1.165, 1.54) is 28.8 Å². The van der Waals surface area contributed by atoms with Crippen molar-refractivity contribution in [3.05, 3.63) is 82.4 Å².